The van der Waals surface area contributed by atoms with E-state index in [9.17, 15) is 23.2 Å². The number of benzene rings is 3. The van der Waals surface area contributed by atoms with Gasteiger partial charge in [-0.1, -0.05) is 64.6 Å². The highest BCUT2D eigenvalue weighted by molar-refractivity contribution is 7.87. The van der Waals surface area contributed by atoms with Gasteiger partial charge in [0.25, 0.3) is 10.1 Å². The highest BCUT2D eigenvalue weighted by atomic mass is 35.5. The SMILES string of the molecule is O=S(=O)(O)C(c1ccc(O)cc1)(c1cc(Cl)c(Cl)c(Cl)c1)c1c(O)cccc1Cl. The van der Waals surface area contributed by atoms with E-state index in [-0.39, 0.29) is 42.5 Å². The third kappa shape index (κ3) is 3.65. The zero-order chi connectivity index (χ0) is 21.6. The maximum absolute atomic E-state index is 13.0. The van der Waals surface area contributed by atoms with Gasteiger partial charge in [0, 0.05) is 10.6 Å². The van der Waals surface area contributed by atoms with E-state index in [1.165, 1.54) is 54.6 Å². The second-order valence-electron chi connectivity index (χ2n) is 6.09. The van der Waals surface area contributed by atoms with Crippen molar-refractivity contribution in [3.63, 3.8) is 0 Å². The minimum Gasteiger partial charge on any atom is -0.508 e. The van der Waals surface area contributed by atoms with Gasteiger partial charge in [0.05, 0.1) is 15.1 Å². The van der Waals surface area contributed by atoms with Gasteiger partial charge in [-0.05, 0) is 47.5 Å². The number of phenolic OH excluding ortho intramolecular Hbond substituents is 2. The monoisotopic (exact) mass is 492 g/mol. The molecule has 0 heterocycles. The molecule has 5 nitrogen and oxygen atoms in total. The third-order valence-electron chi connectivity index (χ3n) is 4.39. The first-order valence-corrected chi connectivity index (χ1v) is 10.8. The second-order valence-corrected chi connectivity index (χ2v) is 9.25. The molecule has 1 unspecified atom stereocenters. The lowest BCUT2D eigenvalue weighted by atomic mass is 9.83. The Morgan fingerprint density at radius 3 is 1.79 bits per heavy atom. The largest absolute Gasteiger partial charge is 0.508 e. The smallest absolute Gasteiger partial charge is 0.283 e. The Morgan fingerprint density at radius 2 is 1.31 bits per heavy atom. The van der Waals surface area contributed by atoms with E-state index < -0.39 is 20.6 Å². The Balaban J connectivity index is 2.61. The van der Waals surface area contributed by atoms with Crippen LogP contribution in [0.2, 0.25) is 20.1 Å². The molecule has 1 atom stereocenters. The van der Waals surface area contributed by atoms with E-state index in [0.29, 0.717) is 0 Å². The lowest BCUT2D eigenvalue weighted by Gasteiger charge is -2.34. The van der Waals surface area contributed by atoms with E-state index in [0.717, 1.165) is 0 Å². The van der Waals surface area contributed by atoms with E-state index in [4.69, 9.17) is 46.4 Å². The summed E-state index contributed by atoms with van der Waals surface area (Å²) in [7, 11) is -5.08. The molecule has 0 amide bonds. The summed E-state index contributed by atoms with van der Waals surface area (Å²) in [4.78, 5) is 0. The maximum atomic E-state index is 13.0. The van der Waals surface area contributed by atoms with Gasteiger partial charge in [-0.3, -0.25) is 4.55 Å². The molecule has 0 saturated carbocycles. The van der Waals surface area contributed by atoms with Crippen LogP contribution in [0.1, 0.15) is 16.7 Å². The summed E-state index contributed by atoms with van der Waals surface area (Å²) in [5.74, 6) is -0.640. The summed E-state index contributed by atoms with van der Waals surface area (Å²) in [5.41, 5.74) is -0.464. The maximum Gasteiger partial charge on any atom is 0.283 e. The predicted molar refractivity (Wildman–Crippen MR) is 114 cm³/mol. The van der Waals surface area contributed by atoms with Crippen molar-refractivity contribution in [3.8, 4) is 11.5 Å². The van der Waals surface area contributed by atoms with Crippen molar-refractivity contribution in [2.24, 2.45) is 0 Å². The molecule has 0 aromatic heterocycles. The average Bonchev–Trinajstić information content (AvgIpc) is 2.62. The number of aromatic hydroxyl groups is 2. The van der Waals surface area contributed by atoms with Crippen LogP contribution < -0.4 is 0 Å². The molecule has 0 aliphatic rings. The molecule has 0 spiro atoms. The van der Waals surface area contributed by atoms with Crippen molar-refractivity contribution in [1.29, 1.82) is 0 Å². The third-order valence-corrected chi connectivity index (χ3v) is 7.36. The molecule has 0 radical (unpaired) electrons. The Hall–Kier alpha value is -1.67. The van der Waals surface area contributed by atoms with E-state index in [2.05, 4.69) is 0 Å². The van der Waals surface area contributed by atoms with Crippen molar-refractivity contribution < 1.29 is 23.2 Å². The molecular weight excluding hydrogens is 482 g/mol. The van der Waals surface area contributed by atoms with Gasteiger partial charge in [-0.25, -0.2) is 0 Å². The molecule has 0 fully saturated rings. The van der Waals surface area contributed by atoms with Crippen LogP contribution in [0.4, 0.5) is 0 Å². The van der Waals surface area contributed by atoms with Crippen molar-refractivity contribution in [2.45, 2.75) is 4.75 Å². The summed E-state index contributed by atoms with van der Waals surface area (Å²) >= 11 is 24.5. The predicted octanol–water partition coefficient (Wildman–Crippen LogP) is 5.89. The van der Waals surface area contributed by atoms with Gasteiger partial charge < -0.3 is 10.2 Å². The van der Waals surface area contributed by atoms with Crippen molar-refractivity contribution >= 4 is 56.5 Å². The van der Waals surface area contributed by atoms with Gasteiger partial charge in [-0.2, -0.15) is 8.42 Å². The standard InChI is InChI=1S/C19H12Cl4O5S/c20-13-2-1-3-16(25)17(13)19(29(26,27)28,10-4-6-12(24)7-5-10)11-8-14(21)18(23)15(22)9-11/h1-9,24-25H,(H,26,27,28). The molecule has 0 bridgehead atoms. The molecule has 3 N–H and O–H groups in total. The average molecular weight is 494 g/mol. The second kappa shape index (κ2) is 7.87. The fourth-order valence-corrected chi connectivity index (χ4v) is 5.48. The first-order chi connectivity index (χ1) is 13.5. The zero-order valence-electron chi connectivity index (χ0n) is 14.3. The van der Waals surface area contributed by atoms with E-state index >= 15 is 0 Å². The zero-order valence-corrected chi connectivity index (χ0v) is 18.1. The number of hydrogen-bond donors (Lipinski definition) is 3. The van der Waals surface area contributed by atoms with Crippen LogP contribution in [0.25, 0.3) is 0 Å². The lowest BCUT2D eigenvalue weighted by Crippen LogP contribution is -2.38. The van der Waals surface area contributed by atoms with Crippen LogP contribution in [-0.4, -0.2) is 23.2 Å². The first-order valence-electron chi connectivity index (χ1n) is 7.89. The molecule has 0 aliphatic heterocycles. The molecule has 3 aromatic rings. The van der Waals surface area contributed by atoms with Gasteiger partial charge in [0.2, 0.25) is 0 Å². The highest BCUT2D eigenvalue weighted by Gasteiger charge is 2.51. The van der Waals surface area contributed by atoms with Gasteiger partial charge in [0.1, 0.15) is 11.5 Å². The van der Waals surface area contributed by atoms with Crippen LogP contribution in [0.5, 0.6) is 11.5 Å². The Kier molecular flexibility index (Phi) is 5.98. The highest BCUT2D eigenvalue weighted by Crippen LogP contribution is 2.51. The molecule has 10 heteroatoms. The normalized spacial score (nSPS) is 13.8. The minimum atomic E-state index is -5.08. The van der Waals surface area contributed by atoms with Gasteiger partial charge in [0.15, 0.2) is 4.75 Å². The Labute approximate surface area is 186 Å². The van der Waals surface area contributed by atoms with Crippen molar-refractivity contribution in [2.75, 3.05) is 0 Å². The summed E-state index contributed by atoms with van der Waals surface area (Å²) in [6.45, 7) is 0. The van der Waals surface area contributed by atoms with Gasteiger partial charge in [-0.15, -0.1) is 0 Å². The van der Waals surface area contributed by atoms with Crippen LogP contribution in [-0.2, 0) is 14.9 Å². The lowest BCUT2D eigenvalue weighted by molar-refractivity contribution is 0.440. The number of hydrogen-bond acceptors (Lipinski definition) is 4. The Bertz CT molecular complexity index is 1150. The van der Waals surface area contributed by atoms with E-state index in [1.54, 1.807) is 0 Å². The van der Waals surface area contributed by atoms with Crippen LogP contribution in [0.15, 0.2) is 54.6 Å². The molecule has 152 valence electrons. The molecule has 0 aliphatic carbocycles. The van der Waals surface area contributed by atoms with Crippen molar-refractivity contribution in [3.05, 3.63) is 91.4 Å². The van der Waals surface area contributed by atoms with Crippen molar-refractivity contribution in [1.82, 2.24) is 0 Å². The quantitative estimate of drug-likeness (QED) is 0.239. The molecular formula is C19H12Cl4O5S. The topological polar surface area (TPSA) is 94.8 Å². The van der Waals surface area contributed by atoms with Gasteiger partial charge >= 0.3 is 0 Å². The molecule has 29 heavy (non-hydrogen) atoms. The Morgan fingerprint density at radius 1 is 0.759 bits per heavy atom. The number of rotatable bonds is 4. The fourth-order valence-electron chi connectivity index (χ4n) is 3.20. The van der Waals surface area contributed by atoms with Crippen LogP contribution in [0, 0.1) is 0 Å². The first kappa shape index (κ1) is 22.0. The summed E-state index contributed by atoms with van der Waals surface area (Å²) in [5, 5.41) is 19.9. The molecule has 0 saturated heterocycles. The fraction of sp³-hybridized carbons (Fsp3) is 0.0526. The van der Waals surface area contributed by atoms with Crippen LogP contribution in [0.3, 0.4) is 0 Å². The molecule has 3 aromatic carbocycles. The summed E-state index contributed by atoms with van der Waals surface area (Å²) in [6.07, 6.45) is 0. The van der Waals surface area contributed by atoms with Crippen LogP contribution >= 0.6 is 46.4 Å². The van der Waals surface area contributed by atoms with E-state index in [1.807, 2.05) is 0 Å². The number of halogens is 4. The molecule has 3 rings (SSSR count). The summed E-state index contributed by atoms with van der Waals surface area (Å²) < 4.78 is 34.0. The minimum absolute atomic E-state index is 0.0181. The number of phenols is 2. The summed E-state index contributed by atoms with van der Waals surface area (Å²) in [6, 6.07) is 11.4.